The van der Waals surface area contributed by atoms with Gasteiger partial charge in [-0.3, -0.25) is 9.69 Å². The van der Waals surface area contributed by atoms with Gasteiger partial charge < -0.3 is 14.8 Å². The molecule has 2 bridgehead atoms. The number of fused-ring (bicyclic) bond motifs is 4. The Morgan fingerprint density at radius 1 is 1.33 bits per heavy atom. The van der Waals surface area contributed by atoms with E-state index in [1.54, 1.807) is 19.1 Å². The molecule has 2 aromatic rings. The second kappa shape index (κ2) is 7.59. The smallest absolute Gasteiger partial charge is 0.317 e. The summed E-state index contributed by atoms with van der Waals surface area (Å²) in [5.41, 5.74) is 2.54. The molecule has 0 aliphatic carbocycles. The van der Waals surface area contributed by atoms with E-state index in [0.717, 1.165) is 16.8 Å². The quantitative estimate of drug-likeness (QED) is 0.488. The second-order valence-electron chi connectivity index (χ2n) is 7.67. The maximum Gasteiger partial charge on any atom is 0.317 e. The van der Waals surface area contributed by atoms with Gasteiger partial charge in [0, 0.05) is 10.6 Å². The second-order valence-corrected chi connectivity index (χ2v) is 8.90. The molecule has 2 heterocycles. The number of hydrogen-bond donors (Lipinski definition) is 1. The normalized spacial score (nSPS) is 24.6. The first-order valence-corrected chi connectivity index (χ1v) is 10.9. The van der Waals surface area contributed by atoms with Gasteiger partial charge in [0.25, 0.3) is 0 Å². The molecule has 158 valence electrons. The van der Waals surface area contributed by atoms with E-state index in [9.17, 15) is 4.79 Å². The van der Waals surface area contributed by atoms with Crippen molar-refractivity contribution >= 4 is 52.2 Å². The van der Waals surface area contributed by atoms with E-state index in [4.69, 9.17) is 44.9 Å². The third-order valence-electron chi connectivity index (χ3n) is 5.87. The lowest BCUT2D eigenvalue weighted by atomic mass is 9.79. The SMILES string of the molecule is CCOC(=O)[C@@H]1[C@@H]2NC(=S)N(c3cccc(C)c3C)[C@@]1(C)Oc1c(Cl)cc(Cl)cc12. The van der Waals surface area contributed by atoms with Gasteiger partial charge in [-0.25, -0.2) is 0 Å². The van der Waals surface area contributed by atoms with Crippen molar-refractivity contribution in [1.29, 1.82) is 0 Å². The van der Waals surface area contributed by atoms with Gasteiger partial charge in [0.1, 0.15) is 11.7 Å². The molecule has 0 unspecified atom stereocenters. The molecule has 30 heavy (non-hydrogen) atoms. The highest BCUT2D eigenvalue weighted by molar-refractivity contribution is 7.80. The number of carbonyl (C=O) groups excluding carboxylic acids is 1. The number of carbonyl (C=O) groups is 1. The Balaban J connectivity index is 1.96. The first-order valence-electron chi connectivity index (χ1n) is 9.70. The molecule has 5 nitrogen and oxygen atoms in total. The van der Waals surface area contributed by atoms with Gasteiger partial charge in [-0.05, 0) is 69.2 Å². The van der Waals surface area contributed by atoms with Crippen LogP contribution in [0.3, 0.4) is 0 Å². The molecular weight excluding hydrogens is 443 g/mol. The fraction of sp³-hybridized carbons (Fsp3) is 0.364. The number of aryl methyl sites for hydroxylation is 1. The van der Waals surface area contributed by atoms with E-state index < -0.39 is 17.7 Å². The van der Waals surface area contributed by atoms with Crippen molar-refractivity contribution in [2.45, 2.75) is 39.5 Å². The zero-order chi connectivity index (χ0) is 21.8. The Labute approximate surface area is 191 Å². The zero-order valence-electron chi connectivity index (χ0n) is 17.1. The van der Waals surface area contributed by atoms with Gasteiger partial charge in [0.2, 0.25) is 5.72 Å². The van der Waals surface area contributed by atoms with E-state index in [2.05, 4.69) is 5.32 Å². The molecule has 2 aromatic carbocycles. The van der Waals surface area contributed by atoms with E-state index in [0.29, 0.717) is 26.5 Å². The van der Waals surface area contributed by atoms with Crippen LogP contribution in [-0.2, 0) is 9.53 Å². The molecule has 2 aliphatic rings. The molecule has 1 saturated heterocycles. The number of nitrogens with one attached hydrogen (secondary N) is 1. The third kappa shape index (κ3) is 3.13. The number of anilines is 1. The lowest BCUT2D eigenvalue weighted by Crippen LogP contribution is -2.72. The van der Waals surface area contributed by atoms with Crippen LogP contribution in [0.2, 0.25) is 10.0 Å². The summed E-state index contributed by atoms with van der Waals surface area (Å²) in [4.78, 5) is 15.0. The highest BCUT2D eigenvalue weighted by atomic mass is 35.5. The maximum absolute atomic E-state index is 13.2. The van der Waals surface area contributed by atoms with Crippen LogP contribution in [0.15, 0.2) is 30.3 Å². The number of rotatable bonds is 3. The lowest BCUT2D eigenvalue weighted by Gasteiger charge is -2.56. The maximum atomic E-state index is 13.2. The van der Waals surface area contributed by atoms with Crippen LogP contribution in [0.4, 0.5) is 5.69 Å². The number of esters is 1. The predicted octanol–water partition coefficient (Wildman–Crippen LogP) is 5.33. The predicted molar refractivity (Wildman–Crippen MR) is 122 cm³/mol. The Bertz CT molecular complexity index is 1060. The monoisotopic (exact) mass is 464 g/mol. The third-order valence-corrected chi connectivity index (χ3v) is 6.67. The first-order chi connectivity index (χ1) is 14.2. The van der Waals surface area contributed by atoms with Gasteiger partial charge in [-0.15, -0.1) is 0 Å². The van der Waals surface area contributed by atoms with Gasteiger partial charge in [-0.1, -0.05) is 35.3 Å². The average molecular weight is 465 g/mol. The molecule has 0 saturated carbocycles. The number of benzene rings is 2. The fourth-order valence-electron chi connectivity index (χ4n) is 4.34. The molecular formula is C22H22Cl2N2O3S. The number of nitrogens with zero attached hydrogens (tertiary/aromatic N) is 1. The lowest BCUT2D eigenvalue weighted by molar-refractivity contribution is -0.159. The minimum atomic E-state index is -1.15. The van der Waals surface area contributed by atoms with Gasteiger partial charge in [-0.2, -0.15) is 0 Å². The van der Waals surface area contributed by atoms with E-state index >= 15 is 0 Å². The number of hydrogen-bond acceptors (Lipinski definition) is 4. The molecule has 2 aliphatic heterocycles. The molecule has 1 N–H and O–H groups in total. The van der Waals surface area contributed by atoms with Crippen molar-refractivity contribution < 1.29 is 14.3 Å². The molecule has 4 rings (SSSR count). The summed E-state index contributed by atoms with van der Waals surface area (Å²) in [6.07, 6.45) is 0. The first kappa shape index (κ1) is 21.2. The molecule has 8 heteroatoms. The molecule has 1 fully saturated rings. The summed E-state index contributed by atoms with van der Waals surface area (Å²) in [7, 11) is 0. The summed E-state index contributed by atoms with van der Waals surface area (Å²) in [6.45, 7) is 7.94. The van der Waals surface area contributed by atoms with Crippen molar-refractivity contribution in [3.8, 4) is 5.75 Å². The summed E-state index contributed by atoms with van der Waals surface area (Å²) in [6, 6.07) is 8.85. The van der Waals surface area contributed by atoms with Crippen molar-refractivity contribution in [3.63, 3.8) is 0 Å². The largest absolute Gasteiger partial charge is 0.466 e. The molecule has 3 atom stereocenters. The average Bonchev–Trinajstić information content (AvgIpc) is 2.66. The van der Waals surface area contributed by atoms with Crippen LogP contribution in [0.5, 0.6) is 5.75 Å². The van der Waals surface area contributed by atoms with E-state index in [1.165, 1.54) is 0 Å². The summed E-state index contributed by atoms with van der Waals surface area (Å²) in [5, 5.41) is 4.62. The number of halogens is 2. The van der Waals surface area contributed by atoms with Crippen molar-refractivity contribution in [2.24, 2.45) is 5.92 Å². The van der Waals surface area contributed by atoms with Crippen molar-refractivity contribution in [2.75, 3.05) is 11.5 Å². The van der Waals surface area contributed by atoms with Crippen LogP contribution in [0.25, 0.3) is 0 Å². The Kier molecular flexibility index (Phi) is 5.37. The minimum Gasteiger partial charge on any atom is -0.466 e. The van der Waals surface area contributed by atoms with Crippen molar-refractivity contribution in [3.05, 3.63) is 57.1 Å². The fourth-order valence-corrected chi connectivity index (χ4v) is 5.29. The minimum absolute atomic E-state index is 0.259. The van der Waals surface area contributed by atoms with Crippen LogP contribution >= 0.6 is 35.4 Å². The van der Waals surface area contributed by atoms with Crippen LogP contribution in [-0.4, -0.2) is 23.4 Å². The highest BCUT2D eigenvalue weighted by Crippen LogP contribution is 2.53. The highest BCUT2D eigenvalue weighted by Gasteiger charge is 2.60. The summed E-state index contributed by atoms with van der Waals surface area (Å²) in [5.74, 6) is -0.595. The molecule has 0 aromatic heterocycles. The summed E-state index contributed by atoms with van der Waals surface area (Å²) >= 11 is 18.5. The standard InChI is InChI=1S/C22H22Cl2N2O3S/c1-5-28-20(27)17-18-14-9-13(23)10-15(24)19(14)29-22(17,4)26(21(30)25-18)16-8-6-7-11(2)12(16)3/h6-10,17-18H,5H2,1-4H3,(H,25,30)/t17-,18+,22-/m0/s1. The number of ether oxygens (including phenoxy) is 2. The Morgan fingerprint density at radius 3 is 2.77 bits per heavy atom. The van der Waals surface area contributed by atoms with Crippen molar-refractivity contribution in [1.82, 2.24) is 5.32 Å². The molecule has 0 radical (unpaired) electrons. The van der Waals surface area contributed by atoms with E-state index in [1.807, 2.05) is 43.9 Å². The van der Waals surface area contributed by atoms with E-state index in [-0.39, 0.29) is 12.6 Å². The van der Waals surface area contributed by atoms with Gasteiger partial charge in [0.15, 0.2) is 5.11 Å². The van der Waals surface area contributed by atoms with Crippen LogP contribution in [0.1, 0.15) is 36.6 Å². The summed E-state index contributed by atoms with van der Waals surface area (Å²) < 4.78 is 11.9. The van der Waals surface area contributed by atoms with Crippen LogP contribution < -0.4 is 15.0 Å². The van der Waals surface area contributed by atoms with Gasteiger partial charge in [0.05, 0.1) is 23.4 Å². The van der Waals surface area contributed by atoms with Gasteiger partial charge >= 0.3 is 5.97 Å². The molecule has 0 amide bonds. The Hall–Kier alpha value is -2.02. The topological polar surface area (TPSA) is 50.8 Å². The van der Waals surface area contributed by atoms with Crippen LogP contribution in [0, 0.1) is 19.8 Å². The number of thiocarbonyl (C=S) groups is 1. The Morgan fingerprint density at radius 2 is 2.07 bits per heavy atom. The molecule has 0 spiro atoms. The zero-order valence-corrected chi connectivity index (χ0v) is 19.4.